The summed E-state index contributed by atoms with van der Waals surface area (Å²) < 4.78 is 5.70. The van der Waals surface area contributed by atoms with Crippen LogP contribution in [-0.2, 0) is 4.79 Å². The third kappa shape index (κ3) is 6.66. The maximum atomic E-state index is 12.2. The second kappa shape index (κ2) is 10.2. The van der Waals surface area contributed by atoms with Crippen molar-refractivity contribution in [3.8, 4) is 5.75 Å². The molecule has 3 N–H and O–H groups in total. The largest absolute Gasteiger partial charge is 0.489 e. The molecule has 0 fully saturated rings. The highest BCUT2D eigenvalue weighted by atomic mass is 16.5. The topological polar surface area (TPSA) is 79.5 Å². The van der Waals surface area contributed by atoms with Gasteiger partial charge in [-0.25, -0.2) is 0 Å². The Balaban J connectivity index is 1.88. The van der Waals surface area contributed by atoms with Crippen molar-refractivity contribution >= 4 is 23.2 Å². The fraction of sp³-hybridized carbons (Fsp3) is 0.333. The lowest BCUT2D eigenvalue weighted by Gasteiger charge is -2.15. The summed E-state index contributed by atoms with van der Waals surface area (Å²) >= 11 is 0. The van der Waals surface area contributed by atoms with Gasteiger partial charge in [0.1, 0.15) is 5.75 Å². The van der Waals surface area contributed by atoms with Gasteiger partial charge in [0.2, 0.25) is 5.91 Å². The van der Waals surface area contributed by atoms with Crippen molar-refractivity contribution in [1.29, 1.82) is 0 Å². The maximum absolute atomic E-state index is 12.2. The third-order valence-electron chi connectivity index (χ3n) is 3.66. The molecule has 0 spiro atoms. The van der Waals surface area contributed by atoms with Gasteiger partial charge in [0, 0.05) is 17.8 Å². The lowest BCUT2D eigenvalue weighted by molar-refractivity contribution is -0.114. The fourth-order valence-corrected chi connectivity index (χ4v) is 2.38. The van der Waals surface area contributed by atoms with Gasteiger partial charge >= 0.3 is 0 Å². The maximum Gasteiger partial charge on any atom is 0.251 e. The Bertz CT molecular complexity index is 758. The second-order valence-corrected chi connectivity index (χ2v) is 6.40. The average Bonchev–Trinajstić information content (AvgIpc) is 2.66. The third-order valence-corrected chi connectivity index (χ3v) is 3.66. The molecule has 0 aliphatic rings. The highest BCUT2D eigenvalue weighted by Gasteiger charge is 2.09. The van der Waals surface area contributed by atoms with Crippen molar-refractivity contribution in [1.82, 2.24) is 5.32 Å². The molecule has 0 unspecified atom stereocenters. The van der Waals surface area contributed by atoms with E-state index in [1.807, 2.05) is 39.0 Å². The molecule has 0 aromatic heterocycles. The van der Waals surface area contributed by atoms with Crippen LogP contribution >= 0.6 is 0 Å². The summed E-state index contributed by atoms with van der Waals surface area (Å²) in [6.07, 6.45) is 0.917. The lowest BCUT2D eigenvalue weighted by Crippen LogP contribution is -2.24. The van der Waals surface area contributed by atoms with Crippen LogP contribution in [0.3, 0.4) is 0 Å². The summed E-state index contributed by atoms with van der Waals surface area (Å²) in [7, 11) is 0. The Morgan fingerprint density at radius 3 is 2.41 bits per heavy atom. The van der Waals surface area contributed by atoms with Gasteiger partial charge in [0.05, 0.1) is 18.3 Å². The molecule has 6 nitrogen and oxygen atoms in total. The van der Waals surface area contributed by atoms with Gasteiger partial charge < -0.3 is 20.7 Å². The van der Waals surface area contributed by atoms with Crippen molar-refractivity contribution < 1.29 is 14.3 Å². The van der Waals surface area contributed by atoms with Crippen molar-refractivity contribution in [2.45, 2.75) is 33.3 Å². The molecule has 27 heavy (non-hydrogen) atoms. The SMILES string of the molecule is CCCNC(=O)c1ccc(NCC(=O)Nc2ccccc2OC(C)C)cc1. The normalized spacial score (nSPS) is 10.4. The van der Waals surface area contributed by atoms with Crippen LogP contribution in [-0.4, -0.2) is 31.0 Å². The molecule has 0 aliphatic carbocycles. The van der Waals surface area contributed by atoms with Gasteiger partial charge in [-0.2, -0.15) is 0 Å². The van der Waals surface area contributed by atoms with E-state index in [1.54, 1.807) is 30.3 Å². The summed E-state index contributed by atoms with van der Waals surface area (Å²) in [5.41, 5.74) is 2.00. The monoisotopic (exact) mass is 369 g/mol. The van der Waals surface area contributed by atoms with Gasteiger partial charge in [0.15, 0.2) is 0 Å². The molecule has 0 bridgehead atoms. The van der Waals surface area contributed by atoms with Crippen molar-refractivity contribution in [3.05, 3.63) is 54.1 Å². The van der Waals surface area contributed by atoms with Gasteiger partial charge in [-0.15, -0.1) is 0 Å². The Kier molecular flexibility index (Phi) is 7.67. The quantitative estimate of drug-likeness (QED) is 0.630. The van der Waals surface area contributed by atoms with E-state index >= 15 is 0 Å². The standard InChI is InChI=1S/C21H27N3O3/c1-4-13-22-21(26)16-9-11-17(12-10-16)23-14-20(25)24-18-7-5-6-8-19(18)27-15(2)3/h5-12,15,23H,4,13-14H2,1-3H3,(H,22,26)(H,24,25). The number of carbonyl (C=O) groups is 2. The van der Waals surface area contributed by atoms with Crippen LogP contribution in [0.5, 0.6) is 5.75 Å². The number of nitrogens with one attached hydrogen (secondary N) is 3. The molecular weight excluding hydrogens is 342 g/mol. The Morgan fingerprint density at radius 2 is 1.74 bits per heavy atom. The van der Waals surface area contributed by atoms with E-state index in [1.165, 1.54) is 0 Å². The number of hydrogen-bond donors (Lipinski definition) is 3. The van der Waals surface area contributed by atoms with Crippen molar-refractivity contribution in [2.75, 3.05) is 23.7 Å². The number of hydrogen-bond acceptors (Lipinski definition) is 4. The average molecular weight is 369 g/mol. The molecule has 0 saturated heterocycles. The van der Waals surface area contributed by atoms with Crippen LogP contribution < -0.4 is 20.7 Å². The minimum atomic E-state index is -0.181. The first-order chi connectivity index (χ1) is 13.0. The Morgan fingerprint density at radius 1 is 1.04 bits per heavy atom. The Labute approximate surface area is 160 Å². The first kappa shape index (κ1) is 20.3. The van der Waals surface area contributed by atoms with E-state index in [-0.39, 0.29) is 24.5 Å². The minimum Gasteiger partial charge on any atom is -0.489 e. The zero-order chi connectivity index (χ0) is 19.6. The van der Waals surface area contributed by atoms with E-state index in [4.69, 9.17) is 4.74 Å². The predicted octanol–water partition coefficient (Wildman–Crippen LogP) is 3.66. The van der Waals surface area contributed by atoms with E-state index in [2.05, 4.69) is 16.0 Å². The van der Waals surface area contributed by atoms with Crippen molar-refractivity contribution in [2.24, 2.45) is 0 Å². The highest BCUT2D eigenvalue weighted by molar-refractivity contribution is 5.96. The summed E-state index contributed by atoms with van der Waals surface area (Å²) in [6.45, 7) is 6.64. The lowest BCUT2D eigenvalue weighted by atomic mass is 10.2. The molecule has 2 rings (SSSR count). The molecule has 6 heteroatoms. The van der Waals surface area contributed by atoms with Crippen LogP contribution in [0.4, 0.5) is 11.4 Å². The fourth-order valence-electron chi connectivity index (χ4n) is 2.38. The molecular formula is C21H27N3O3. The zero-order valence-corrected chi connectivity index (χ0v) is 16.0. The van der Waals surface area contributed by atoms with E-state index in [0.29, 0.717) is 23.5 Å². The van der Waals surface area contributed by atoms with Gasteiger partial charge in [-0.05, 0) is 56.7 Å². The van der Waals surface area contributed by atoms with Crippen LogP contribution in [0.1, 0.15) is 37.6 Å². The molecule has 0 radical (unpaired) electrons. The smallest absolute Gasteiger partial charge is 0.251 e. The van der Waals surface area contributed by atoms with Crippen LogP contribution in [0.25, 0.3) is 0 Å². The number of rotatable bonds is 9. The molecule has 0 saturated carbocycles. The van der Waals surface area contributed by atoms with E-state index in [9.17, 15) is 9.59 Å². The number of carbonyl (C=O) groups excluding carboxylic acids is 2. The number of anilines is 2. The molecule has 2 aromatic carbocycles. The second-order valence-electron chi connectivity index (χ2n) is 6.40. The summed E-state index contributed by atoms with van der Waals surface area (Å²) in [5.74, 6) is 0.366. The highest BCUT2D eigenvalue weighted by Crippen LogP contribution is 2.24. The van der Waals surface area contributed by atoms with Crippen LogP contribution in [0.15, 0.2) is 48.5 Å². The number of ether oxygens (including phenoxy) is 1. The molecule has 144 valence electrons. The predicted molar refractivity (Wildman–Crippen MR) is 108 cm³/mol. The molecule has 2 amide bonds. The molecule has 0 heterocycles. The van der Waals surface area contributed by atoms with E-state index < -0.39 is 0 Å². The number of para-hydroxylation sites is 2. The number of benzene rings is 2. The molecule has 2 aromatic rings. The Hall–Kier alpha value is -3.02. The first-order valence-corrected chi connectivity index (χ1v) is 9.17. The van der Waals surface area contributed by atoms with Gasteiger partial charge in [0.25, 0.3) is 5.91 Å². The first-order valence-electron chi connectivity index (χ1n) is 9.17. The molecule has 0 aliphatic heterocycles. The minimum absolute atomic E-state index is 0.0224. The van der Waals surface area contributed by atoms with Gasteiger partial charge in [-0.1, -0.05) is 19.1 Å². The van der Waals surface area contributed by atoms with E-state index in [0.717, 1.165) is 12.1 Å². The van der Waals surface area contributed by atoms with Crippen LogP contribution in [0, 0.1) is 0 Å². The zero-order valence-electron chi connectivity index (χ0n) is 16.0. The number of amides is 2. The van der Waals surface area contributed by atoms with Crippen LogP contribution in [0.2, 0.25) is 0 Å². The summed E-state index contributed by atoms with van der Waals surface area (Å²) in [6, 6.07) is 14.4. The molecule has 0 atom stereocenters. The summed E-state index contributed by atoms with van der Waals surface area (Å²) in [5, 5.41) is 8.73. The van der Waals surface area contributed by atoms with Gasteiger partial charge in [-0.3, -0.25) is 9.59 Å². The summed E-state index contributed by atoms with van der Waals surface area (Å²) in [4.78, 5) is 24.1. The van der Waals surface area contributed by atoms with Crippen molar-refractivity contribution in [3.63, 3.8) is 0 Å².